The molecule has 0 aliphatic carbocycles. The van der Waals surface area contributed by atoms with E-state index < -0.39 is 0 Å². The highest BCUT2D eigenvalue weighted by Crippen LogP contribution is 2.17. The second-order valence-electron chi connectivity index (χ2n) is 4.41. The predicted octanol–water partition coefficient (Wildman–Crippen LogP) is 0.872. The average molecular weight is 263 g/mol. The molecular weight excluding hydrogens is 246 g/mol. The molecule has 0 amide bonds. The monoisotopic (exact) mass is 263 g/mol. The van der Waals surface area contributed by atoms with Gasteiger partial charge in [-0.25, -0.2) is 0 Å². The van der Waals surface area contributed by atoms with Gasteiger partial charge >= 0.3 is 0 Å². The molecule has 6 nitrogen and oxygen atoms in total. The number of rotatable bonds is 5. The number of nitrogens with zero attached hydrogens (tertiary/aromatic N) is 2. The number of hydrogen-bond donors (Lipinski definition) is 1. The van der Waals surface area contributed by atoms with E-state index in [0.717, 1.165) is 6.54 Å². The van der Waals surface area contributed by atoms with Gasteiger partial charge in [-0.05, 0) is 26.2 Å². The predicted molar refractivity (Wildman–Crippen MR) is 73.0 cm³/mol. The van der Waals surface area contributed by atoms with Gasteiger partial charge < -0.3 is 14.4 Å². The Kier molecular flexibility index (Phi) is 4.01. The second-order valence-corrected chi connectivity index (χ2v) is 4.41. The topological polar surface area (TPSA) is 67.5 Å². The van der Waals surface area contributed by atoms with Crippen LogP contribution in [-0.2, 0) is 0 Å². The molecule has 0 fully saturated rings. The lowest BCUT2D eigenvalue weighted by atomic mass is 10.2. The molecule has 0 bridgehead atoms. The average Bonchev–Trinajstić information content (AvgIpc) is 2.37. The van der Waals surface area contributed by atoms with Crippen LogP contribution in [0.1, 0.15) is 0 Å². The molecule has 102 valence electrons. The Bertz CT molecular complexity index is 622. The highest BCUT2D eigenvalue weighted by molar-refractivity contribution is 5.79. The Morgan fingerprint density at radius 1 is 1.37 bits per heavy atom. The number of methoxy groups -OCH3 is 1. The normalized spacial score (nSPS) is 10.9. The smallest absolute Gasteiger partial charge is 0.297 e. The van der Waals surface area contributed by atoms with Crippen molar-refractivity contribution in [3.8, 4) is 11.8 Å². The third-order valence-electron chi connectivity index (χ3n) is 2.67. The molecule has 2 aromatic rings. The van der Waals surface area contributed by atoms with E-state index in [2.05, 4.69) is 9.97 Å². The molecule has 0 radical (unpaired) electrons. The highest BCUT2D eigenvalue weighted by atomic mass is 16.5. The summed E-state index contributed by atoms with van der Waals surface area (Å²) < 4.78 is 10.5. The van der Waals surface area contributed by atoms with Crippen molar-refractivity contribution in [3.63, 3.8) is 0 Å². The van der Waals surface area contributed by atoms with Gasteiger partial charge in [-0.1, -0.05) is 0 Å². The van der Waals surface area contributed by atoms with Gasteiger partial charge in [0.15, 0.2) is 0 Å². The molecule has 0 spiro atoms. The second kappa shape index (κ2) is 5.71. The maximum absolute atomic E-state index is 11.9. The molecule has 19 heavy (non-hydrogen) atoms. The summed E-state index contributed by atoms with van der Waals surface area (Å²) in [5.74, 6) is 0.657. The Balaban J connectivity index is 2.28. The van der Waals surface area contributed by atoms with E-state index in [1.54, 1.807) is 25.3 Å². The van der Waals surface area contributed by atoms with Crippen molar-refractivity contribution in [1.82, 2.24) is 14.9 Å². The molecule has 2 rings (SSSR count). The molecule has 1 aromatic carbocycles. The third kappa shape index (κ3) is 3.23. The van der Waals surface area contributed by atoms with E-state index in [0.29, 0.717) is 23.3 Å². The summed E-state index contributed by atoms with van der Waals surface area (Å²) in [5, 5.41) is 0.515. The van der Waals surface area contributed by atoms with Crippen LogP contribution in [0.5, 0.6) is 11.8 Å². The molecule has 0 aliphatic heterocycles. The lowest BCUT2D eigenvalue weighted by molar-refractivity contribution is 0.246. The zero-order valence-corrected chi connectivity index (χ0v) is 11.3. The molecule has 1 heterocycles. The van der Waals surface area contributed by atoms with Gasteiger partial charge in [-0.15, -0.1) is 0 Å². The van der Waals surface area contributed by atoms with Gasteiger partial charge in [-0.2, -0.15) is 4.98 Å². The number of nitrogens with one attached hydrogen (secondary N) is 1. The first-order valence-corrected chi connectivity index (χ1v) is 5.96. The maximum Gasteiger partial charge on any atom is 0.297 e. The third-order valence-corrected chi connectivity index (χ3v) is 2.67. The van der Waals surface area contributed by atoms with Crippen LogP contribution < -0.4 is 15.0 Å². The fourth-order valence-corrected chi connectivity index (χ4v) is 1.62. The summed E-state index contributed by atoms with van der Waals surface area (Å²) >= 11 is 0. The summed E-state index contributed by atoms with van der Waals surface area (Å²) in [6.45, 7) is 1.21. The molecule has 0 atom stereocenters. The number of hydrogen-bond acceptors (Lipinski definition) is 5. The Morgan fingerprint density at radius 3 is 2.84 bits per heavy atom. The number of likely N-dealkylation sites (N-methyl/N-ethyl adjacent to an activating group) is 1. The molecule has 0 saturated heterocycles. The lowest BCUT2D eigenvalue weighted by Gasteiger charge is -2.10. The van der Waals surface area contributed by atoms with Crippen molar-refractivity contribution < 1.29 is 9.47 Å². The van der Waals surface area contributed by atoms with Crippen molar-refractivity contribution in [3.05, 3.63) is 28.6 Å². The number of H-pyrrole nitrogens is 1. The largest absolute Gasteiger partial charge is 0.497 e. The van der Waals surface area contributed by atoms with Crippen LogP contribution in [0.2, 0.25) is 0 Å². The molecule has 0 aliphatic rings. The van der Waals surface area contributed by atoms with Crippen molar-refractivity contribution >= 4 is 10.9 Å². The van der Waals surface area contributed by atoms with E-state index in [1.807, 2.05) is 19.0 Å². The number of aromatic nitrogens is 2. The minimum atomic E-state index is -0.215. The van der Waals surface area contributed by atoms with E-state index >= 15 is 0 Å². The SMILES string of the molecule is COc1ccc2c(=O)[nH]c(OCCN(C)C)nc2c1. The summed E-state index contributed by atoms with van der Waals surface area (Å²) in [6, 6.07) is 5.35. The van der Waals surface area contributed by atoms with Crippen LogP contribution in [0.3, 0.4) is 0 Å². The zero-order chi connectivity index (χ0) is 13.8. The van der Waals surface area contributed by atoms with Crippen molar-refractivity contribution in [2.45, 2.75) is 0 Å². The Labute approximate surface area is 111 Å². The Hall–Kier alpha value is -2.08. The number of ether oxygens (including phenoxy) is 2. The first-order valence-electron chi connectivity index (χ1n) is 5.96. The molecule has 0 saturated carbocycles. The fraction of sp³-hybridized carbons (Fsp3) is 0.385. The van der Waals surface area contributed by atoms with E-state index in [1.165, 1.54) is 0 Å². The highest BCUT2D eigenvalue weighted by Gasteiger charge is 2.06. The van der Waals surface area contributed by atoms with Gasteiger partial charge in [-0.3, -0.25) is 9.78 Å². The van der Waals surface area contributed by atoms with Crippen LogP contribution >= 0.6 is 0 Å². The van der Waals surface area contributed by atoms with Crippen LogP contribution in [-0.4, -0.2) is 49.2 Å². The van der Waals surface area contributed by atoms with E-state index in [4.69, 9.17) is 9.47 Å². The van der Waals surface area contributed by atoms with Gasteiger partial charge in [0.2, 0.25) is 0 Å². The minimum absolute atomic E-state index is 0.215. The van der Waals surface area contributed by atoms with Crippen molar-refractivity contribution in [1.29, 1.82) is 0 Å². The van der Waals surface area contributed by atoms with E-state index in [-0.39, 0.29) is 11.6 Å². The minimum Gasteiger partial charge on any atom is -0.497 e. The molecule has 1 N–H and O–H groups in total. The standard InChI is InChI=1S/C13H17N3O3/c1-16(2)6-7-19-13-14-11-8-9(18-3)4-5-10(11)12(17)15-13/h4-5,8H,6-7H2,1-3H3,(H,14,15,17). The molecule has 6 heteroatoms. The van der Waals surface area contributed by atoms with Crippen LogP contribution in [0, 0.1) is 0 Å². The molecule has 0 unspecified atom stereocenters. The first kappa shape index (κ1) is 13.4. The maximum atomic E-state index is 11.9. The van der Waals surface area contributed by atoms with Crippen molar-refractivity contribution in [2.75, 3.05) is 34.4 Å². The van der Waals surface area contributed by atoms with Gasteiger partial charge in [0, 0.05) is 12.6 Å². The number of aromatic amines is 1. The summed E-state index contributed by atoms with van der Waals surface area (Å²) in [5.41, 5.74) is 0.343. The van der Waals surface area contributed by atoms with Crippen molar-refractivity contribution in [2.24, 2.45) is 0 Å². The lowest BCUT2D eigenvalue weighted by Crippen LogP contribution is -2.21. The fourth-order valence-electron chi connectivity index (χ4n) is 1.62. The van der Waals surface area contributed by atoms with Crippen LogP contribution in [0.4, 0.5) is 0 Å². The Morgan fingerprint density at radius 2 is 2.16 bits per heavy atom. The van der Waals surface area contributed by atoms with Gasteiger partial charge in [0.05, 0.1) is 18.0 Å². The first-order chi connectivity index (χ1) is 9.10. The van der Waals surface area contributed by atoms with Gasteiger partial charge in [0.25, 0.3) is 11.6 Å². The zero-order valence-electron chi connectivity index (χ0n) is 11.3. The van der Waals surface area contributed by atoms with Crippen LogP contribution in [0.15, 0.2) is 23.0 Å². The molecular formula is C13H17N3O3. The van der Waals surface area contributed by atoms with Crippen LogP contribution in [0.25, 0.3) is 10.9 Å². The quantitative estimate of drug-likeness (QED) is 0.867. The number of benzene rings is 1. The molecule has 1 aromatic heterocycles. The summed E-state index contributed by atoms with van der Waals surface area (Å²) in [7, 11) is 5.47. The summed E-state index contributed by atoms with van der Waals surface area (Å²) in [6.07, 6.45) is 0. The van der Waals surface area contributed by atoms with E-state index in [9.17, 15) is 4.79 Å². The van der Waals surface area contributed by atoms with Gasteiger partial charge in [0.1, 0.15) is 12.4 Å². The summed E-state index contributed by atoms with van der Waals surface area (Å²) in [4.78, 5) is 20.7. The number of fused-ring (bicyclic) bond motifs is 1.